The quantitative estimate of drug-likeness (QED) is 0.538. The molecule has 0 amide bonds. The molecule has 2 heteroatoms. The third-order valence-corrected chi connectivity index (χ3v) is 3.79. The molecule has 0 aromatic heterocycles. The summed E-state index contributed by atoms with van der Waals surface area (Å²) in [6.07, 6.45) is 21.1. The van der Waals surface area contributed by atoms with Crippen LogP contribution in [0.1, 0.15) is 78.1 Å². The van der Waals surface area contributed by atoms with Gasteiger partial charge in [-0.15, -0.1) is 0 Å². The highest BCUT2D eigenvalue weighted by Gasteiger charge is 2.06. The number of allylic oxidation sites excluding steroid dienone is 2. The summed E-state index contributed by atoms with van der Waals surface area (Å²) in [6.45, 7) is 5.75. The highest BCUT2D eigenvalue weighted by atomic mass is 19.0. The van der Waals surface area contributed by atoms with E-state index in [0.717, 1.165) is 0 Å². The van der Waals surface area contributed by atoms with Crippen molar-refractivity contribution >= 4 is 0 Å². The molecule has 1 unspecified atom stereocenters. The highest BCUT2D eigenvalue weighted by molar-refractivity contribution is 5.14. The molecule has 1 aliphatic rings. The van der Waals surface area contributed by atoms with Gasteiger partial charge in [-0.25, -0.2) is 0 Å². The Bertz CT molecular complexity index is 258. The minimum Gasteiger partial charge on any atom is -1.00 e. The van der Waals surface area contributed by atoms with Crippen LogP contribution >= 0.6 is 0 Å². The van der Waals surface area contributed by atoms with Crippen molar-refractivity contribution in [3.63, 3.8) is 0 Å². The van der Waals surface area contributed by atoms with Crippen molar-refractivity contribution in [2.45, 2.75) is 78.1 Å². The summed E-state index contributed by atoms with van der Waals surface area (Å²) >= 11 is 0. The molecule has 1 atom stereocenters. The molecule has 0 aromatic rings. The third-order valence-electron chi connectivity index (χ3n) is 3.79. The van der Waals surface area contributed by atoms with Crippen LogP contribution in [0.3, 0.4) is 0 Å². The average molecular weight is 269 g/mol. The van der Waals surface area contributed by atoms with Gasteiger partial charge in [-0.2, -0.15) is 0 Å². The van der Waals surface area contributed by atoms with Gasteiger partial charge in [0.2, 0.25) is 0 Å². The molecule has 1 heterocycles. The Morgan fingerprint density at radius 3 is 1.84 bits per heavy atom. The number of hydrogen-bond donors (Lipinski definition) is 1. The van der Waals surface area contributed by atoms with Crippen LogP contribution in [0.5, 0.6) is 0 Å². The topological polar surface area (TPSA) is 4.44 Å². The maximum absolute atomic E-state index is 2.33. The summed E-state index contributed by atoms with van der Waals surface area (Å²) in [4.78, 5) is 1.53. The first-order chi connectivity index (χ1) is 8.83. The van der Waals surface area contributed by atoms with E-state index < -0.39 is 0 Å². The molecule has 0 spiro atoms. The van der Waals surface area contributed by atoms with Gasteiger partial charge in [-0.05, 0) is 25.8 Å². The standard InChI is InChI=1S/C17H31N.FH/c1-3-4-5-6-7-8-9-10-11-12-14-18-15-13-17(2)16-18;/h13,15-16H,3-12,14H2,1-2H3;1H. The zero-order valence-electron chi connectivity index (χ0n) is 12.9. The highest BCUT2D eigenvalue weighted by Crippen LogP contribution is 2.10. The second-order valence-corrected chi connectivity index (χ2v) is 5.73. The van der Waals surface area contributed by atoms with Gasteiger partial charge in [0, 0.05) is 5.57 Å². The normalized spacial score (nSPS) is 17.4. The number of hydrogen-bond acceptors (Lipinski definition) is 0. The fourth-order valence-corrected chi connectivity index (χ4v) is 2.60. The molecule has 1 nitrogen and oxygen atoms in total. The molecular formula is C17H32FN. The lowest BCUT2D eigenvalue weighted by atomic mass is 10.1. The minimum absolute atomic E-state index is 0. The molecule has 0 fully saturated rings. The van der Waals surface area contributed by atoms with Crippen molar-refractivity contribution in [3.8, 4) is 0 Å². The summed E-state index contributed by atoms with van der Waals surface area (Å²) in [5, 5.41) is 0. The van der Waals surface area contributed by atoms with E-state index in [-0.39, 0.29) is 4.70 Å². The fourth-order valence-electron chi connectivity index (χ4n) is 2.60. The smallest absolute Gasteiger partial charge is 0.102 e. The molecule has 0 saturated heterocycles. The van der Waals surface area contributed by atoms with Gasteiger partial charge in [0.1, 0.15) is 6.20 Å². The molecule has 112 valence electrons. The predicted octanol–water partition coefficient (Wildman–Crippen LogP) is 1.23. The van der Waals surface area contributed by atoms with E-state index in [9.17, 15) is 0 Å². The molecule has 0 radical (unpaired) electrons. The molecular weight excluding hydrogens is 237 g/mol. The summed E-state index contributed by atoms with van der Waals surface area (Å²) in [5.41, 5.74) is 1.41. The SMILES string of the molecule is CCCCCCCCCCCC[NH+]1C=CC(C)=C1.[F-]. The molecule has 0 bridgehead atoms. The number of nitrogens with one attached hydrogen (secondary N) is 1. The fraction of sp³-hybridized carbons (Fsp3) is 0.765. The Hall–Kier alpha value is -0.630. The zero-order valence-corrected chi connectivity index (χ0v) is 12.9. The first kappa shape index (κ1) is 18.4. The van der Waals surface area contributed by atoms with E-state index in [1.165, 1.54) is 81.2 Å². The lowest BCUT2D eigenvalue weighted by molar-refractivity contribution is -0.788. The first-order valence-corrected chi connectivity index (χ1v) is 8.05. The second-order valence-electron chi connectivity index (χ2n) is 5.73. The van der Waals surface area contributed by atoms with Crippen molar-refractivity contribution in [1.82, 2.24) is 0 Å². The van der Waals surface area contributed by atoms with E-state index in [4.69, 9.17) is 0 Å². The Morgan fingerprint density at radius 2 is 1.37 bits per heavy atom. The lowest BCUT2D eigenvalue weighted by Crippen LogP contribution is -3.01. The summed E-state index contributed by atoms with van der Waals surface area (Å²) in [7, 11) is 0. The third kappa shape index (κ3) is 9.89. The van der Waals surface area contributed by atoms with E-state index >= 15 is 0 Å². The molecule has 0 aliphatic carbocycles. The Labute approximate surface area is 119 Å². The van der Waals surface area contributed by atoms with Crippen LogP contribution in [-0.4, -0.2) is 6.54 Å². The maximum atomic E-state index is 2.33. The van der Waals surface area contributed by atoms with Crippen LogP contribution in [0.4, 0.5) is 0 Å². The number of rotatable bonds is 11. The van der Waals surface area contributed by atoms with Gasteiger partial charge in [0.15, 0.2) is 0 Å². The molecule has 1 N–H and O–H groups in total. The van der Waals surface area contributed by atoms with E-state index in [1.807, 2.05) is 0 Å². The number of quaternary nitrogens is 1. The Kier molecular flexibility index (Phi) is 12.0. The minimum atomic E-state index is 0. The van der Waals surface area contributed by atoms with Gasteiger partial charge < -0.3 is 4.70 Å². The molecule has 1 rings (SSSR count). The van der Waals surface area contributed by atoms with Gasteiger partial charge in [-0.1, -0.05) is 58.3 Å². The molecule has 0 aromatic carbocycles. The second kappa shape index (κ2) is 12.4. The van der Waals surface area contributed by atoms with Crippen LogP contribution in [0.2, 0.25) is 0 Å². The van der Waals surface area contributed by atoms with Crippen molar-refractivity contribution in [2.75, 3.05) is 6.54 Å². The first-order valence-electron chi connectivity index (χ1n) is 8.05. The largest absolute Gasteiger partial charge is 1.00 e. The van der Waals surface area contributed by atoms with Crippen LogP contribution in [0.25, 0.3) is 0 Å². The van der Waals surface area contributed by atoms with E-state index in [1.54, 1.807) is 0 Å². The van der Waals surface area contributed by atoms with E-state index in [0.29, 0.717) is 0 Å². The van der Waals surface area contributed by atoms with Crippen LogP contribution in [0.15, 0.2) is 24.0 Å². The Morgan fingerprint density at radius 1 is 0.842 bits per heavy atom. The number of unbranched alkanes of at least 4 members (excludes halogenated alkanes) is 9. The predicted molar refractivity (Wildman–Crippen MR) is 80.6 cm³/mol. The van der Waals surface area contributed by atoms with Crippen molar-refractivity contribution in [3.05, 3.63) is 24.0 Å². The van der Waals surface area contributed by atoms with Crippen molar-refractivity contribution < 1.29 is 9.60 Å². The number of halogens is 1. The summed E-state index contributed by atoms with van der Waals surface area (Å²) in [5.74, 6) is 0. The summed E-state index contributed by atoms with van der Waals surface area (Å²) in [6, 6.07) is 0. The van der Waals surface area contributed by atoms with Gasteiger partial charge in [0.25, 0.3) is 0 Å². The van der Waals surface area contributed by atoms with E-state index in [2.05, 4.69) is 32.3 Å². The van der Waals surface area contributed by atoms with Crippen molar-refractivity contribution in [1.29, 1.82) is 0 Å². The van der Waals surface area contributed by atoms with Gasteiger partial charge >= 0.3 is 0 Å². The van der Waals surface area contributed by atoms with Crippen LogP contribution < -0.4 is 9.60 Å². The molecule has 0 saturated carbocycles. The molecule has 19 heavy (non-hydrogen) atoms. The maximum Gasteiger partial charge on any atom is 0.102 e. The summed E-state index contributed by atoms with van der Waals surface area (Å²) < 4.78 is 0. The van der Waals surface area contributed by atoms with Gasteiger partial charge in [-0.3, -0.25) is 4.90 Å². The lowest BCUT2D eigenvalue weighted by Gasteiger charge is -2.06. The van der Waals surface area contributed by atoms with Crippen LogP contribution in [-0.2, 0) is 0 Å². The zero-order chi connectivity index (χ0) is 13.1. The van der Waals surface area contributed by atoms with Gasteiger partial charge in [0.05, 0.1) is 12.7 Å². The monoisotopic (exact) mass is 269 g/mol. The Balaban J connectivity index is 0.00000324. The van der Waals surface area contributed by atoms with Crippen molar-refractivity contribution in [2.24, 2.45) is 0 Å². The van der Waals surface area contributed by atoms with Crippen LogP contribution in [0, 0.1) is 0 Å². The molecule has 1 aliphatic heterocycles. The average Bonchev–Trinajstić information content (AvgIpc) is 2.77.